The fourth-order valence-electron chi connectivity index (χ4n) is 3.85. The van der Waals surface area contributed by atoms with Gasteiger partial charge in [-0.25, -0.2) is 0 Å². The second-order valence-electron chi connectivity index (χ2n) is 6.80. The van der Waals surface area contributed by atoms with Crippen molar-refractivity contribution in [2.45, 2.75) is 31.8 Å². The number of fused-ring (bicyclic) bond motifs is 1. The van der Waals surface area contributed by atoms with Crippen LogP contribution in [-0.2, 0) is 4.79 Å². The number of benzene rings is 1. The van der Waals surface area contributed by atoms with Gasteiger partial charge < -0.3 is 5.11 Å². The third-order valence-corrected chi connectivity index (χ3v) is 5.03. The maximum absolute atomic E-state index is 11.8. The van der Waals surface area contributed by atoms with Crippen molar-refractivity contribution in [2.75, 3.05) is 6.54 Å². The molecule has 0 radical (unpaired) electrons. The zero-order valence-corrected chi connectivity index (χ0v) is 14.7. The van der Waals surface area contributed by atoms with Crippen molar-refractivity contribution >= 4 is 16.9 Å². The van der Waals surface area contributed by atoms with E-state index >= 15 is 0 Å². The summed E-state index contributed by atoms with van der Waals surface area (Å²) in [6.45, 7) is 2.70. The number of rotatable bonds is 4. The Balaban J connectivity index is 1.85. The van der Waals surface area contributed by atoms with Crippen molar-refractivity contribution in [3.8, 4) is 0 Å². The maximum atomic E-state index is 11.8. The summed E-state index contributed by atoms with van der Waals surface area (Å²) in [5.41, 5.74) is 3.71. The Hall–Kier alpha value is -2.79. The Kier molecular flexibility index (Phi) is 4.39. The summed E-state index contributed by atoms with van der Waals surface area (Å²) in [5.74, 6) is -0.770. The predicted octanol–water partition coefficient (Wildman–Crippen LogP) is 3.58. The van der Waals surface area contributed by atoms with Gasteiger partial charge in [0.25, 0.3) is 0 Å². The Morgan fingerprint density at radius 1 is 1.23 bits per heavy atom. The molecule has 1 aliphatic heterocycles. The van der Waals surface area contributed by atoms with Crippen LogP contribution in [0.5, 0.6) is 0 Å². The lowest BCUT2D eigenvalue weighted by atomic mass is 10.00. The molecule has 1 saturated heterocycles. The molecule has 2 unspecified atom stereocenters. The average molecular weight is 347 g/mol. The van der Waals surface area contributed by atoms with E-state index in [-0.39, 0.29) is 6.04 Å². The minimum Gasteiger partial charge on any atom is -0.480 e. The van der Waals surface area contributed by atoms with Crippen LogP contribution in [0.25, 0.3) is 10.9 Å². The van der Waals surface area contributed by atoms with E-state index in [4.69, 9.17) is 4.98 Å². The topological polar surface area (TPSA) is 66.3 Å². The molecule has 1 aromatic carbocycles. The van der Waals surface area contributed by atoms with Crippen molar-refractivity contribution in [2.24, 2.45) is 0 Å². The third-order valence-electron chi connectivity index (χ3n) is 5.03. The molecular weight excluding hydrogens is 326 g/mol. The standard InChI is InChI=1S/C21H21N3O2/c1-14-6-4-9-18(23-14)20(24-11-5-10-19(24)21(25)26)16-12-15-7-2-3-8-17(15)22-13-16/h2-4,6-9,12-13,19-20H,5,10-11H2,1H3,(H,25,26). The van der Waals surface area contributed by atoms with Gasteiger partial charge in [-0.3, -0.25) is 19.7 Å². The van der Waals surface area contributed by atoms with E-state index in [1.807, 2.05) is 55.6 Å². The van der Waals surface area contributed by atoms with Gasteiger partial charge in [0.2, 0.25) is 0 Å². The molecule has 0 saturated carbocycles. The molecule has 3 aromatic rings. The molecular formula is C21H21N3O2. The van der Waals surface area contributed by atoms with Gasteiger partial charge in [-0.2, -0.15) is 0 Å². The number of aromatic nitrogens is 2. The number of aliphatic carboxylic acids is 1. The summed E-state index contributed by atoms with van der Waals surface area (Å²) in [4.78, 5) is 23.1. The van der Waals surface area contributed by atoms with Gasteiger partial charge in [-0.15, -0.1) is 0 Å². The molecule has 132 valence electrons. The number of nitrogens with zero attached hydrogens (tertiary/aromatic N) is 3. The zero-order chi connectivity index (χ0) is 18.1. The fourth-order valence-corrected chi connectivity index (χ4v) is 3.85. The number of likely N-dealkylation sites (tertiary alicyclic amines) is 1. The molecule has 26 heavy (non-hydrogen) atoms. The highest BCUT2D eigenvalue weighted by Crippen LogP contribution is 2.34. The van der Waals surface area contributed by atoms with E-state index in [2.05, 4.69) is 16.0 Å². The maximum Gasteiger partial charge on any atom is 0.320 e. The fraction of sp³-hybridized carbons (Fsp3) is 0.286. The van der Waals surface area contributed by atoms with Gasteiger partial charge >= 0.3 is 5.97 Å². The first kappa shape index (κ1) is 16.7. The Morgan fingerprint density at radius 2 is 2.08 bits per heavy atom. The van der Waals surface area contributed by atoms with Crippen LogP contribution in [-0.4, -0.2) is 38.5 Å². The summed E-state index contributed by atoms with van der Waals surface area (Å²) >= 11 is 0. The van der Waals surface area contributed by atoms with E-state index < -0.39 is 12.0 Å². The highest BCUT2D eigenvalue weighted by Gasteiger charge is 2.37. The van der Waals surface area contributed by atoms with Crippen molar-refractivity contribution in [3.63, 3.8) is 0 Å². The summed E-state index contributed by atoms with van der Waals surface area (Å²) in [6, 6.07) is 15.3. The van der Waals surface area contributed by atoms with Crippen LogP contribution in [0.1, 0.15) is 35.8 Å². The lowest BCUT2D eigenvalue weighted by Gasteiger charge is -2.31. The van der Waals surface area contributed by atoms with Gasteiger partial charge in [-0.05, 0) is 49.6 Å². The van der Waals surface area contributed by atoms with Crippen LogP contribution in [0.15, 0.2) is 54.7 Å². The van der Waals surface area contributed by atoms with Gasteiger partial charge in [0.15, 0.2) is 0 Å². The molecule has 5 heteroatoms. The number of carboxylic acids is 1. The number of aryl methyl sites for hydroxylation is 1. The first-order valence-corrected chi connectivity index (χ1v) is 8.90. The minimum absolute atomic E-state index is 0.212. The van der Waals surface area contributed by atoms with Gasteiger partial charge in [-0.1, -0.05) is 24.3 Å². The Bertz CT molecular complexity index is 957. The molecule has 1 aliphatic rings. The highest BCUT2D eigenvalue weighted by molar-refractivity contribution is 5.79. The second kappa shape index (κ2) is 6.84. The molecule has 4 rings (SSSR count). The minimum atomic E-state index is -0.770. The number of hydrogen-bond donors (Lipinski definition) is 1. The van der Waals surface area contributed by atoms with E-state index in [1.54, 1.807) is 0 Å². The zero-order valence-electron chi connectivity index (χ0n) is 14.7. The molecule has 5 nitrogen and oxygen atoms in total. The van der Waals surface area contributed by atoms with Crippen LogP contribution < -0.4 is 0 Å². The first-order chi connectivity index (χ1) is 12.6. The van der Waals surface area contributed by atoms with Gasteiger partial charge in [0, 0.05) is 23.8 Å². The van der Waals surface area contributed by atoms with Crippen LogP contribution in [0.2, 0.25) is 0 Å². The molecule has 0 amide bonds. The smallest absolute Gasteiger partial charge is 0.320 e. The largest absolute Gasteiger partial charge is 0.480 e. The third kappa shape index (κ3) is 3.06. The molecule has 3 heterocycles. The van der Waals surface area contributed by atoms with Crippen molar-refractivity contribution in [3.05, 3.63) is 71.7 Å². The van der Waals surface area contributed by atoms with Gasteiger partial charge in [0.1, 0.15) is 6.04 Å². The molecule has 1 fully saturated rings. The van der Waals surface area contributed by atoms with Crippen molar-refractivity contribution < 1.29 is 9.90 Å². The highest BCUT2D eigenvalue weighted by atomic mass is 16.4. The van der Waals surface area contributed by atoms with Gasteiger partial charge in [0.05, 0.1) is 17.3 Å². The number of carboxylic acid groups (broad SMARTS) is 1. The molecule has 2 aromatic heterocycles. The number of para-hydroxylation sites is 1. The molecule has 0 bridgehead atoms. The van der Waals surface area contributed by atoms with Crippen LogP contribution in [0.4, 0.5) is 0 Å². The van der Waals surface area contributed by atoms with Crippen LogP contribution in [0, 0.1) is 6.92 Å². The molecule has 1 N–H and O–H groups in total. The van der Waals surface area contributed by atoms with E-state index in [0.717, 1.165) is 40.8 Å². The van der Waals surface area contributed by atoms with Crippen molar-refractivity contribution in [1.82, 2.24) is 14.9 Å². The number of carbonyl (C=O) groups is 1. The van der Waals surface area contributed by atoms with E-state index in [9.17, 15) is 9.90 Å². The average Bonchev–Trinajstić information content (AvgIpc) is 3.11. The van der Waals surface area contributed by atoms with E-state index in [1.165, 1.54) is 0 Å². The molecule has 0 spiro atoms. The van der Waals surface area contributed by atoms with E-state index in [0.29, 0.717) is 6.42 Å². The number of hydrogen-bond acceptors (Lipinski definition) is 4. The predicted molar refractivity (Wildman–Crippen MR) is 99.9 cm³/mol. The summed E-state index contributed by atoms with van der Waals surface area (Å²) < 4.78 is 0. The Labute approximate surface area is 152 Å². The molecule has 2 atom stereocenters. The monoisotopic (exact) mass is 347 g/mol. The Morgan fingerprint density at radius 3 is 2.88 bits per heavy atom. The summed E-state index contributed by atoms with van der Waals surface area (Å²) in [7, 11) is 0. The summed E-state index contributed by atoms with van der Waals surface area (Å²) in [5, 5.41) is 10.7. The van der Waals surface area contributed by atoms with Crippen LogP contribution >= 0.6 is 0 Å². The second-order valence-corrected chi connectivity index (χ2v) is 6.80. The lowest BCUT2D eigenvalue weighted by Crippen LogP contribution is -2.39. The number of pyridine rings is 2. The van der Waals surface area contributed by atoms with Crippen LogP contribution in [0.3, 0.4) is 0 Å². The lowest BCUT2D eigenvalue weighted by molar-refractivity contribution is -0.142. The quantitative estimate of drug-likeness (QED) is 0.781. The molecule has 0 aliphatic carbocycles. The SMILES string of the molecule is Cc1cccc(C(c2cnc3ccccc3c2)N2CCCC2C(=O)O)n1. The first-order valence-electron chi connectivity index (χ1n) is 8.90. The normalized spacial score (nSPS) is 18.9. The van der Waals surface area contributed by atoms with Crippen molar-refractivity contribution in [1.29, 1.82) is 0 Å². The summed E-state index contributed by atoms with van der Waals surface area (Å²) in [6.07, 6.45) is 3.40.